The molecule has 0 radical (unpaired) electrons. The molecule has 0 atom stereocenters. The minimum absolute atomic E-state index is 1.14. The molecular formula is C4H12N2. The highest BCUT2D eigenvalue weighted by Crippen LogP contribution is 1.58. The average Bonchev–Trinajstić information content (AvgIpc) is 1.36. The number of rotatable bonds is 0. The van der Waals surface area contributed by atoms with E-state index in [1.54, 1.807) is 0 Å². The van der Waals surface area contributed by atoms with Crippen LogP contribution in [0.25, 0.3) is 0 Å². The normalized spacial score (nSPS) is 17.0. The van der Waals surface area contributed by atoms with Crippen molar-refractivity contribution in [3.63, 3.8) is 0 Å². The molecule has 0 spiro atoms. The van der Waals surface area contributed by atoms with Gasteiger partial charge in [-0.3, -0.25) is 10.9 Å². The van der Waals surface area contributed by atoms with Crippen molar-refractivity contribution in [2.75, 3.05) is 13.1 Å². The molecule has 6 heavy (non-hydrogen) atoms. The van der Waals surface area contributed by atoms with E-state index in [4.69, 9.17) is 0 Å². The molecule has 2 N–H and O–H groups in total. The molecule has 1 aliphatic heterocycles. The maximum absolute atomic E-state index is 2.86. The summed E-state index contributed by atoms with van der Waals surface area (Å²) < 4.78 is 0. The summed E-state index contributed by atoms with van der Waals surface area (Å²) in [6.45, 7) is 6.28. The predicted octanol–water partition coefficient (Wildman–Crippen LogP) is 0.120. The fourth-order valence-corrected chi connectivity index (χ4v) is 0.125. The van der Waals surface area contributed by atoms with E-state index in [0.717, 1.165) is 13.1 Å². The van der Waals surface area contributed by atoms with Crippen molar-refractivity contribution >= 4 is 0 Å². The second-order valence-corrected chi connectivity index (χ2v) is 0.854. The molecular weight excluding hydrogens is 76.1 g/mol. The molecule has 1 fully saturated rings. The summed E-state index contributed by atoms with van der Waals surface area (Å²) in [6, 6.07) is 0. The lowest BCUT2D eigenvalue weighted by Crippen LogP contribution is -2.49. The van der Waals surface area contributed by atoms with Gasteiger partial charge in [-0.05, 0) is 0 Å². The first-order valence-corrected chi connectivity index (χ1v) is 2.46. The van der Waals surface area contributed by atoms with Gasteiger partial charge in [-0.25, -0.2) is 0 Å². The average molecular weight is 88.2 g/mol. The zero-order valence-electron chi connectivity index (χ0n) is 4.41. The number of hydrogen-bond acceptors (Lipinski definition) is 2. The number of hydrogen-bond donors (Lipinski definition) is 2. The second-order valence-electron chi connectivity index (χ2n) is 0.854. The van der Waals surface area contributed by atoms with Crippen molar-refractivity contribution in [3.05, 3.63) is 0 Å². The lowest BCUT2D eigenvalue weighted by Gasteiger charge is -2.13. The fourth-order valence-electron chi connectivity index (χ4n) is 0.125. The monoisotopic (exact) mass is 88.1 g/mol. The SMILES string of the molecule is C1CNN1.CC. The molecule has 0 aromatic heterocycles. The van der Waals surface area contributed by atoms with Crippen molar-refractivity contribution < 1.29 is 0 Å². The molecule has 2 heteroatoms. The van der Waals surface area contributed by atoms with Crippen molar-refractivity contribution in [2.45, 2.75) is 13.8 Å². The molecule has 0 aromatic rings. The Bertz CT molecular complexity index is 13.5. The lowest BCUT2D eigenvalue weighted by molar-refractivity contribution is 0.423. The molecule has 2 nitrogen and oxygen atoms in total. The quantitative estimate of drug-likeness (QED) is 0.439. The Morgan fingerprint density at radius 2 is 1.17 bits per heavy atom. The zero-order valence-corrected chi connectivity index (χ0v) is 4.41. The van der Waals surface area contributed by atoms with E-state index in [0.29, 0.717) is 0 Å². The van der Waals surface area contributed by atoms with Gasteiger partial charge in [-0.2, -0.15) is 0 Å². The molecule has 0 aliphatic carbocycles. The molecule has 1 heterocycles. The molecule has 0 amide bonds. The summed E-state index contributed by atoms with van der Waals surface area (Å²) in [5.41, 5.74) is 5.72. The van der Waals surface area contributed by atoms with Crippen LogP contribution in [0, 0.1) is 0 Å². The van der Waals surface area contributed by atoms with Crippen molar-refractivity contribution in [1.82, 2.24) is 10.9 Å². The first-order chi connectivity index (χ1) is 3.00. The van der Waals surface area contributed by atoms with Gasteiger partial charge in [0.1, 0.15) is 0 Å². The highest BCUT2D eigenvalue weighted by molar-refractivity contribution is 4.51. The van der Waals surface area contributed by atoms with E-state index in [-0.39, 0.29) is 0 Å². The highest BCUT2D eigenvalue weighted by atomic mass is 15.4. The molecule has 0 aromatic carbocycles. The van der Waals surface area contributed by atoms with Gasteiger partial charge >= 0.3 is 0 Å². The van der Waals surface area contributed by atoms with Crippen LogP contribution in [-0.2, 0) is 0 Å². The van der Waals surface area contributed by atoms with Crippen LogP contribution in [0.4, 0.5) is 0 Å². The molecule has 0 bridgehead atoms. The van der Waals surface area contributed by atoms with E-state index in [2.05, 4.69) is 10.9 Å². The highest BCUT2D eigenvalue weighted by Gasteiger charge is 1.89. The Morgan fingerprint density at radius 3 is 1.17 bits per heavy atom. The number of nitrogens with one attached hydrogen (secondary N) is 2. The zero-order chi connectivity index (χ0) is 4.83. The first kappa shape index (κ1) is 5.92. The maximum Gasteiger partial charge on any atom is 0.0239 e. The summed E-state index contributed by atoms with van der Waals surface area (Å²) in [4.78, 5) is 0. The van der Waals surface area contributed by atoms with Gasteiger partial charge in [0.15, 0.2) is 0 Å². The van der Waals surface area contributed by atoms with Crippen LogP contribution in [0.1, 0.15) is 13.8 Å². The number of hydrazine groups is 1. The van der Waals surface area contributed by atoms with Gasteiger partial charge in [-0.1, -0.05) is 13.8 Å². The Hall–Kier alpha value is -0.0800. The van der Waals surface area contributed by atoms with Gasteiger partial charge in [0.05, 0.1) is 0 Å². The molecule has 1 rings (SSSR count). The lowest BCUT2D eigenvalue weighted by atomic mass is 10.6. The van der Waals surface area contributed by atoms with Crippen molar-refractivity contribution in [3.8, 4) is 0 Å². The molecule has 0 saturated carbocycles. The standard InChI is InChI=1S/C2H6N2.C2H6/c1-2-4-3-1;1-2/h3-4H,1-2H2;1-2H3. The topological polar surface area (TPSA) is 24.1 Å². The van der Waals surface area contributed by atoms with Gasteiger partial charge < -0.3 is 0 Å². The van der Waals surface area contributed by atoms with Gasteiger partial charge in [-0.15, -0.1) is 0 Å². The van der Waals surface area contributed by atoms with E-state index < -0.39 is 0 Å². The Morgan fingerprint density at radius 1 is 1.00 bits per heavy atom. The molecule has 1 aliphatic rings. The van der Waals surface area contributed by atoms with E-state index in [9.17, 15) is 0 Å². The van der Waals surface area contributed by atoms with Crippen LogP contribution in [0.3, 0.4) is 0 Å². The Labute approximate surface area is 38.9 Å². The summed E-state index contributed by atoms with van der Waals surface area (Å²) in [7, 11) is 0. The van der Waals surface area contributed by atoms with Crippen LogP contribution in [0.2, 0.25) is 0 Å². The third kappa shape index (κ3) is 2.18. The van der Waals surface area contributed by atoms with Crippen LogP contribution >= 0.6 is 0 Å². The maximum atomic E-state index is 2.86. The largest absolute Gasteiger partial charge is 0.256 e. The smallest absolute Gasteiger partial charge is 0.0239 e. The van der Waals surface area contributed by atoms with E-state index >= 15 is 0 Å². The van der Waals surface area contributed by atoms with Gasteiger partial charge in [0.25, 0.3) is 0 Å². The van der Waals surface area contributed by atoms with E-state index in [1.165, 1.54) is 0 Å². The van der Waals surface area contributed by atoms with E-state index in [1.807, 2.05) is 13.8 Å². The molecule has 0 unspecified atom stereocenters. The second kappa shape index (κ2) is 4.92. The van der Waals surface area contributed by atoms with Crippen LogP contribution < -0.4 is 10.9 Å². The summed E-state index contributed by atoms with van der Waals surface area (Å²) >= 11 is 0. The minimum Gasteiger partial charge on any atom is -0.256 e. The van der Waals surface area contributed by atoms with Gasteiger partial charge in [0.2, 0.25) is 0 Å². The van der Waals surface area contributed by atoms with Crippen molar-refractivity contribution in [1.29, 1.82) is 0 Å². The summed E-state index contributed by atoms with van der Waals surface area (Å²) in [5.74, 6) is 0. The van der Waals surface area contributed by atoms with Crippen LogP contribution in [0.15, 0.2) is 0 Å². The first-order valence-electron chi connectivity index (χ1n) is 2.46. The fraction of sp³-hybridized carbons (Fsp3) is 1.00. The summed E-state index contributed by atoms with van der Waals surface area (Å²) in [6.07, 6.45) is 0. The Kier molecular flexibility index (Phi) is 4.85. The van der Waals surface area contributed by atoms with Crippen LogP contribution in [-0.4, -0.2) is 13.1 Å². The predicted molar refractivity (Wildman–Crippen MR) is 27.4 cm³/mol. The minimum atomic E-state index is 1.14. The van der Waals surface area contributed by atoms with Crippen LogP contribution in [0.5, 0.6) is 0 Å². The third-order valence-electron chi connectivity index (χ3n) is 0.500. The Balaban J connectivity index is 0.000000112. The molecule has 1 saturated heterocycles. The van der Waals surface area contributed by atoms with Crippen molar-refractivity contribution in [2.24, 2.45) is 0 Å². The van der Waals surface area contributed by atoms with Gasteiger partial charge in [0, 0.05) is 13.1 Å². The summed E-state index contributed by atoms with van der Waals surface area (Å²) in [5, 5.41) is 0. The molecule has 38 valence electrons. The third-order valence-corrected chi connectivity index (χ3v) is 0.500.